The summed E-state index contributed by atoms with van der Waals surface area (Å²) < 4.78 is 5.58. The van der Waals surface area contributed by atoms with Gasteiger partial charge in [0, 0.05) is 12.0 Å². The molecule has 5 heteroatoms. The third kappa shape index (κ3) is 5.28. The van der Waals surface area contributed by atoms with E-state index in [-0.39, 0.29) is 18.6 Å². The number of primary amides is 1. The van der Waals surface area contributed by atoms with E-state index < -0.39 is 0 Å². The molecule has 0 aromatic heterocycles. The normalized spacial score (nSPS) is 12.1. The maximum absolute atomic E-state index is 11.2. The number of nitrogens with one attached hydrogen (secondary N) is 1. The Morgan fingerprint density at radius 3 is 2.84 bits per heavy atom. The van der Waals surface area contributed by atoms with Crippen molar-refractivity contribution in [3.63, 3.8) is 0 Å². The number of para-hydroxylation sites is 1. The van der Waals surface area contributed by atoms with Gasteiger partial charge in [-0.1, -0.05) is 25.1 Å². The highest BCUT2D eigenvalue weighted by molar-refractivity contribution is 5.79. The number of hydrogen-bond donors (Lipinski definition) is 3. The van der Waals surface area contributed by atoms with Crippen LogP contribution in [0.4, 0.5) is 0 Å². The lowest BCUT2D eigenvalue weighted by atomic mass is 10.2. The number of rotatable bonds is 9. The van der Waals surface area contributed by atoms with Gasteiger partial charge in [0.25, 0.3) is 0 Å². The van der Waals surface area contributed by atoms with Crippen molar-refractivity contribution in [2.45, 2.75) is 32.4 Å². The van der Waals surface area contributed by atoms with Crippen LogP contribution in [0, 0.1) is 0 Å². The van der Waals surface area contributed by atoms with Crippen LogP contribution in [0.3, 0.4) is 0 Å². The Morgan fingerprint density at radius 2 is 2.21 bits per heavy atom. The summed E-state index contributed by atoms with van der Waals surface area (Å²) in [7, 11) is 0. The first kappa shape index (κ1) is 15.5. The number of aliphatic hydroxyl groups excluding tert-OH is 1. The standard InChI is InChI=1S/C14H22N2O3/c1-2-8-16-12(14(15)18)7-9-19-13-6-4-3-5-11(13)10-17/h3-6,12,16-17H,2,7-10H2,1H3,(H2,15,18). The summed E-state index contributed by atoms with van der Waals surface area (Å²) in [6.07, 6.45) is 1.45. The Kier molecular flexibility index (Phi) is 6.92. The molecule has 0 aliphatic carbocycles. The maximum atomic E-state index is 11.2. The first-order chi connectivity index (χ1) is 9.19. The lowest BCUT2D eigenvalue weighted by Crippen LogP contribution is -2.42. The molecule has 1 rings (SSSR count). The number of carbonyl (C=O) groups is 1. The van der Waals surface area contributed by atoms with Crippen LogP contribution in [0.15, 0.2) is 24.3 Å². The van der Waals surface area contributed by atoms with Gasteiger partial charge in [0.05, 0.1) is 19.3 Å². The zero-order chi connectivity index (χ0) is 14.1. The van der Waals surface area contributed by atoms with E-state index in [1.807, 2.05) is 19.1 Å². The van der Waals surface area contributed by atoms with Crippen LogP contribution in [0.25, 0.3) is 0 Å². The van der Waals surface area contributed by atoms with Crippen LogP contribution in [-0.4, -0.2) is 30.2 Å². The monoisotopic (exact) mass is 266 g/mol. The van der Waals surface area contributed by atoms with E-state index >= 15 is 0 Å². The Morgan fingerprint density at radius 1 is 1.47 bits per heavy atom. The molecule has 0 radical (unpaired) electrons. The quantitative estimate of drug-likeness (QED) is 0.617. The van der Waals surface area contributed by atoms with Crippen molar-refractivity contribution < 1.29 is 14.6 Å². The molecule has 1 atom stereocenters. The second-order valence-electron chi connectivity index (χ2n) is 4.31. The molecule has 0 aliphatic rings. The molecular weight excluding hydrogens is 244 g/mol. The SMILES string of the molecule is CCCNC(CCOc1ccccc1CO)C(N)=O. The van der Waals surface area contributed by atoms with Crippen molar-refractivity contribution >= 4 is 5.91 Å². The van der Waals surface area contributed by atoms with Gasteiger partial charge in [-0.3, -0.25) is 4.79 Å². The van der Waals surface area contributed by atoms with E-state index in [0.717, 1.165) is 18.5 Å². The summed E-state index contributed by atoms with van der Waals surface area (Å²) in [4.78, 5) is 11.2. The van der Waals surface area contributed by atoms with Crippen molar-refractivity contribution in [3.05, 3.63) is 29.8 Å². The lowest BCUT2D eigenvalue weighted by Gasteiger charge is -2.16. The van der Waals surface area contributed by atoms with Gasteiger partial charge in [-0.05, 0) is 19.0 Å². The third-order valence-corrected chi connectivity index (χ3v) is 2.79. The first-order valence-corrected chi connectivity index (χ1v) is 6.53. The number of ether oxygens (including phenoxy) is 1. The second kappa shape index (κ2) is 8.50. The second-order valence-corrected chi connectivity index (χ2v) is 4.31. The van der Waals surface area contributed by atoms with Gasteiger partial charge < -0.3 is 20.9 Å². The summed E-state index contributed by atoms with van der Waals surface area (Å²) in [5.74, 6) is 0.274. The lowest BCUT2D eigenvalue weighted by molar-refractivity contribution is -0.120. The third-order valence-electron chi connectivity index (χ3n) is 2.79. The first-order valence-electron chi connectivity index (χ1n) is 6.53. The van der Waals surface area contributed by atoms with Crippen LogP contribution in [-0.2, 0) is 11.4 Å². The van der Waals surface area contributed by atoms with Crippen molar-refractivity contribution in [2.75, 3.05) is 13.2 Å². The molecule has 0 heterocycles. The predicted molar refractivity (Wildman–Crippen MR) is 73.8 cm³/mol. The number of aliphatic hydroxyl groups is 1. The van der Waals surface area contributed by atoms with Crippen molar-refractivity contribution in [3.8, 4) is 5.75 Å². The zero-order valence-electron chi connectivity index (χ0n) is 11.3. The van der Waals surface area contributed by atoms with Crippen molar-refractivity contribution in [1.82, 2.24) is 5.32 Å². The van der Waals surface area contributed by atoms with Gasteiger partial charge in [-0.15, -0.1) is 0 Å². The molecule has 1 aromatic rings. The Labute approximate surface area is 113 Å². The summed E-state index contributed by atoms with van der Waals surface area (Å²) in [5.41, 5.74) is 6.05. The highest BCUT2D eigenvalue weighted by atomic mass is 16.5. The summed E-state index contributed by atoms with van der Waals surface area (Å²) in [5, 5.41) is 12.2. The largest absolute Gasteiger partial charge is 0.493 e. The van der Waals surface area contributed by atoms with E-state index in [9.17, 15) is 4.79 Å². The van der Waals surface area contributed by atoms with Crippen LogP contribution >= 0.6 is 0 Å². The molecule has 1 aromatic carbocycles. The number of carbonyl (C=O) groups excluding carboxylic acids is 1. The average molecular weight is 266 g/mol. The van der Waals surface area contributed by atoms with E-state index in [1.54, 1.807) is 12.1 Å². The molecule has 0 fully saturated rings. The van der Waals surface area contributed by atoms with Gasteiger partial charge in [-0.25, -0.2) is 0 Å². The number of hydrogen-bond acceptors (Lipinski definition) is 4. The molecule has 0 saturated heterocycles. The Hall–Kier alpha value is -1.59. The molecule has 1 unspecified atom stereocenters. The molecule has 0 bridgehead atoms. The molecular formula is C14H22N2O3. The van der Waals surface area contributed by atoms with E-state index in [4.69, 9.17) is 15.6 Å². The average Bonchev–Trinajstić information content (AvgIpc) is 2.42. The fourth-order valence-electron chi connectivity index (χ4n) is 1.73. The van der Waals surface area contributed by atoms with E-state index in [1.165, 1.54) is 0 Å². The Balaban J connectivity index is 2.45. The number of benzene rings is 1. The number of nitrogens with two attached hydrogens (primary N) is 1. The molecule has 5 nitrogen and oxygen atoms in total. The van der Waals surface area contributed by atoms with Crippen molar-refractivity contribution in [2.24, 2.45) is 5.73 Å². The predicted octanol–water partition coefficient (Wildman–Crippen LogP) is 0.801. The molecule has 0 aliphatic heterocycles. The van der Waals surface area contributed by atoms with Crippen LogP contribution in [0.1, 0.15) is 25.3 Å². The smallest absolute Gasteiger partial charge is 0.234 e. The van der Waals surface area contributed by atoms with Crippen LogP contribution in [0.2, 0.25) is 0 Å². The summed E-state index contributed by atoms with van der Waals surface area (Å²) in [6.45, 7) is 3.09. The van der Waals surface area contributed by atoms with Gasteiger partial charge in [-0.2, -0.15) is 0 Å². The topological polar surface area (TPSA) is 84.6 Å². The minimum absolute atomic E-state index is 0.0660. The molecule has 0 spiro atoms. The molecule has 1 amide bonds. The summed E-state index contributed by atoms with van der Waals surface area (Å²) in [6, 6.07) is 6.91. The molecule has 106 valence electrons. The molecule has 19 heavy (non-hydrogen) atoms. The Bertz CT molecular complexity index is 396. The minimum Gasteiger partial charge on any atom is -0.493 e. The van der Waals surface area contributed by atoms with Gasteiger partial charge >= 0.3 is 0 Å². The van der Waals surface area contributed by atoms with E-state index in [2.05, 4.69) is 5.32 Å². The zero-order valence-corrected chi connectivity index (χ0v) is 11.3. The van der Waals surface area contributed by atoms with E-state index in [0.29, 0.717) is 18.8 Å². The maximum Gasteiger partial charge on any atom is 0.234 e. The van der Waals surface area contributed by atoms with Crippen LogP contribution in [0.5, 0.6) is 5.75 Å². The van der Waals surface area contributed by atoms with Crippen molar-refractivity contribution in [1.29, 1.82) is 0 Å². The molecule has 4 N–H and O–H groups in total. The minimum atomic E-state index is -0.374. The molecule has 0 saturated carbocycles. The van der Waals surface area contributed by atoms with Gasteiger partial charge in [0.15, 0.2) is 0 Å². The number of amides is 1. The summed E-state index contributed by atoms with van der Waals surface area (Å²) >= 11 is 0. The highest BCUT2D eigenvalue weighted by Crippen LogP contribution is 2.17. The van der Waals surface area contributed by atoms with Gasteiger partial charge in [0.2, 0.25) is 5.91 Å². The van der Waals surface area contributed by atoms with Gasteiger partial charge in [0.1, 0.15) is 5.75 Å². The fourth-order valence-corrected chi connectivity index (χ4v) is 1.73. The fraction of sp³-hybridized carbons (Fsp3) is 0.500. The van der Waals surface area contributed by atoms with Crippen LogP contribution < -0.4 is 15.8 Å². The highest BCUT2D eigenvalue weighted by Gasteiger charge is 2.14.